The largest absolute Gasteiger partial charge is 0.381 e. The van der Waals surface area contributed by atoms with Gasteiger partial charge in [0, 0.05) is 43.1 Å². The topological polar surface area (TPSA) is 58.9 Å². The Morgan fingerprint density at radius 2 is 1.73 bits per heavy atom. The van der Waals surface area contributed by atoms with Gasteiger partial charge in [-0.05, 0) is 68.7 Å². The normalized spacial score (nSPS) is 11.1. The number of rotatable bonds is 7. The average molecular weight is 401 g/mol. The van der Waals surface area contributed by atoms with Gasteiger partial charge in [0.1, 0.15) is 5.82 Å². The molecule has 2 aromatic heterocycles. The van der Waals surface area contributed by atoms with Gasteiger partial charge < -0.3 is 10.2 Å². The van der Waals surface area contributed by atoms with Gasteiger partial charge in [-0.1, -0.05) is 18.2 Å². The Morgan fingerprint density at radius 3 is 2.40 bits per heavy atom. The van der Waals surface area contributed by atoms with Crippen LogP contribution >= 0.6 is 0 Å². The number of anilines is 2. The van der Waals surface area contributed by atoms with Crippen molar-refractivity contribution in [3.05, 3.63) is 71.5 Å². The Labute approximate surface area is 177 Å². The van der Waals surface area contributed by atoms with Crippen LogP contribution in [0.15, 0.2) is 54.9 Å². The van der Waals surface area contributed by atoms with E-state index in [1.165, 1.54) is 16.7 Å². The molecule has 0 aliphatic heterocycles. The van der Waals surface area contributed by atoms with Crippen LogP contribution in [0.4, 0.5) is 11.5 Å². The maximum atomic E-state index is 4.86. The number of aromatic nitrogens is 4. The van der Waals surface area contributed by atoms with E-state index in [4.69, 9.17) is 9.97 Å². The predicted molar refractivity (Wildman–Crippen MR) is 123 cm³/mol. The molecule has 154 valence electrons. The van der Waals surface area contributed by atoms with Crippen molar-refractivity contribution in [1.82, 2.24) is 19.7 Å². The summed E-state index contributed by atoms with van der Waals surface area (Å²) in [4.78, 5) is 11.9. The third kappa shape index (κ3) is 3.85. The van der Waals surface area contributed by atoms with Gasteiger partial charge in [-0.2, -0.15) is 10.1 Å². The number of hydrogen-bond acceptors (Lipinski definition) is 5. The first-order chi connectivity index (χ1) is 14.6. The van der Waals surface area contributed by atoms with Crippen LogP contribution in [0.5, 0.6) is 0 Å². The van der Waals surface area contributed by atoms with E-state index in [9.17, 15) is 0 Å². The Morgan fingerprint density at radius 1 is 0.967 bits per heavy atom. The fraction of sp³-hybridized carbons (Fsp3) is 0.292. The lowest BCUT2D eigenvalue weighted by atomic mass is 10.0. The van der Waals surface area contributed by atoms with Crippen molar-refractivity contribution in [2.45, 2.75) is 34.2 Å². The van der Waals surface area contributed by atoms with Gasteiger partial charge in [-0.3, -0.25) is 0 Å². The quantitative estimate of drug-likeness (QED) is 0.479. The number of aryl methyl sites for hydroxylation is 2. The van der Waals surface area contributed by atoms with Crippen molar-refractivity contribution < 1.29 is 0 Å². The molecular weight excluding hydrogens is 372 g/mol. The maximum absolute atomic E-state index is 4.86. The zero-order chi connectivity index (χ0) is 21.1. The van der Waals surface area contributed by atoms with Crippen LogP contribution in [0, 0.1) is 13.8 Å². The fourth-order valence-electron chi connectivity index (χ4n) is 3.78. The molecule has 0 aliphatic rings. The Balaban J connectivity index is 1.73. The van der Waals surface area contributed by atoms with E-state index in [-0.39, 0.29) is 0 Å². The number of hydrogen-bond donors (Lipinski definition) is 1. The lowest BCUT2D eigenvalue weighted by molar-refractivity contribution is 0.793. The number of nitrogens with one attached hydrogen (secondary N) is 1. The monoisotopic (exact) mass is 400 g/mol. The molecule has 0 saturated carbocycles. The summed E-state index contributed by atoms with van der Waals surface area (Å²) >= 11 is 0. The van der Waals surface area contributed by atoms with Crippen LogP contribution in [-0.2, 0) is 6.54 Å². The minimum absolute atomic E-state index is 0.589. The molecule has 0 spiro atoms. The van der Waals surface area contributed by atoms with Crippen molar-refractivity contribution >= 4 is 22.4 Å². The molecule has 0 fully saturated rings. The zero-order valence-corrected chi connectivity index (χ0v) is 18.1. The second-order valence-electron chi connectivity index (χ2n) is 7.43. The van der Waals surface area contributed by atoms with E-state index in [1.807, 2.05) is 12.3 Å². The average Bonchev–Trinajstić information content (AvgIpc) is 3.29. The molecule has 0 atom stereocenters. The molecule has 1 N–H and O–H groups in total. The summed E-state index contributed by atoms with van der Waals surface area (Å²) in [5, 5.41) is 8.93. The third-order valence-corrected chi connectivity index (χ3v) is 5.55. The van der Waals surface area contributed by atoms with E-state index in [1.54, 1.807) is 10.9 Å². The first-order valence-corrected chi connectivity index (χ1v) is 10.5. The highest BCUT2D eigenvalue weighted by Gasteiger charge is 2.14. The summed E-state index contributed by atoms with van der Waals surface area (Å²) in [6, 6.07) is 14.6. The SMILES string of the molecule is CCN(CC)c1nc(-n2cccn2)nc2ccc(NCc3c(C)cccc3C)cc12. The highest BCUT2D eigenvalue weighted by Crippen LogP contribution is 2.28. The Kier molecular flexibility index (Phi) is 5.65. The maximum Gasteiger partial charge on any atom is 0.253 e. The molecule has 2 aromatic carbocycles. The van der Waals surface area contributed by atoms with E-state index in [0.717, 1.165) is 42.0 Å². The Hall–Kier alpha value is -3.41. The summed E-state index contributed by atoms with van der Waals surface area (Å²) in [7, 11) is 0. The standard InChI is InChI=1S/C24H28N6/c1-5-29(6-2)23-20-15-19(25-16-21-17(3)9-7-10-18(21)4)11-12-22(20)27-24(28-23)30-14-8-13-26-30/h7-15,25H,5-6,16H2,1-4H3. The van der Waals surface area contributed by atoms with Crippen molar-refractivity contribution in [1.29, 1.82) is 0 Å². The summed E-state index contributed by atoms with van der Waals surface area (Å²) in [5.41, 5.74) is 5.93. The molecule has 30 heavy (non-hydrogen) atoms. The van der Waals surface area contributed by atoms with Crippen molar-refractivity contribution in [2.75, 3.05) is 23.3 Å². The minimum Gasteiger partial charge on any atom is -0.381 e. The van der Waals surface area contributed by atoms with Gasteiger partial charge in [-0.15, -0.1) is 0 Å². The third-order valence-electron chi connectivity index (χ3n) is 5.55. The van der Waals surface area contributed by atoms with Gasteiger partial charge >= 0.3 is 0 Å². The summed E-state index contributed by atoms with van der Waals surface area (Å²) < 4.78 is 1.71. The van der Waals surface area contributed by atoms with E-state index in [0.29, 0.717) is 5.95 Å². The molecule has 0 unspecified atom stereocenters. The van der Waals surface area contributed by atoms with Gasteiger partial charge in [0.05, 0.1) is 5.52 Å². The van der Waals surface area contributed by atoms with Crippen molar-refractivity contribution in [3.63, 3.8) is 0 Å². The van der Waals surface area contributed by atoms with E-state index in [2.05, 4.69) is 79.4 Å². The summed E-state index contributed by atoms with van der Waals surface area (Å²) in [6.07, 6.45) is 3.61. The van der Waals surface area contributed by atoms with Crippen molar-refractivity contribution in [3.8, 4) is 5.95 Å². The van der Waals surface area contributed by atoms with Gasteiger partial charge in [0.2, 0.25) is 0 Å². The second kappa shape index (κ2) is 8.53. The minimum atomic E-state index is 0.589. The molecule has 6 nitrogen and oxygen atoms in total. The summed E-state index contributed by atoms with van der Waals surface area (Å²) in [5.74, 6) is 1.52. The molecule has 0 bridgehead atoms. The zero-order valence-electron chi connectivity index (χ0n) is 18.1. The molecule has 0 saturated heterocycles. The number of fused-ring (bicyclic) bond motifs is 1. The molecule has 4 rings (SSSR count). The highest BCUT2D eigenvalue weighted by molar-refractivity contribution is 5.92. The molecule has 0 amide bonds. The van der Waals surface area contributed by atoms with Crippen LogP contribution in [0.25, 0.3) is 16.9 Å². The molecule has 0 aliphatic carbocycles. The fourth-order valence-corrected chi connectivity index (χ4v) is 3.78. The van der Waals surface area contributed by atoms with E-state index >= 15 is 0 Å². The molecule has 4 aromatic rings. The molecule has 0 radical (unpaired) electrons. The number of benzene rings is 2. The summed E-state index contributed by atoms with van der Waals surface area (Å²) in [6.45, 7) is 11.2. The molecular formula is C24H28N6. The highest BCUT2D eigenvalue weighted by atomic mass is 15.4. The van der Waals surface area contributed by atoms with Gasteiger partial charge in [0.15, 0.2) is 0 Å². The van der Waals surface area contributed by atoms with Crippen LogP contribution < -0.4 is 10.2 Å². The first-order valence-electron chi connectivity index (χ1n) is 10.5. The van der Waals surface area contributed by atoms with E-state index < -0.39 is 0 Å². The van der Waals surface area contributed by atoms with Crippen LogP contribution in [0.1, 0.15) is 30.5 Å². The number of nitrogens with zero attached hydrogens (tertiary/aromatic N) is 5. The smallest absolute Gasteiger partial charge is 0.253 e. The van der Waals surface area contributed by atoms with Crippen LogP contribution in [0.3, 0.4) is 0 Å². The van der Waals surface area contributed by atoms with Gasteiger partial charge in [0.25, 0.3) is 5.95 Å². The van der Waals surface area contributed by atoms with Gasteiger partial charge in [-0.25, -0.2) is 9.67 Å². The predicted octanol–water partition coefficient (Wildman–Crippen LogP) is 4.89. The van der Waals surface area contributed by atoms with Crippen LogP contribution in [-0.4, -0.2) is 32.8 Å². The first kappa shape index (κ1) is 19.9. The Bertz CT molecular complexity index is 1130. The van der Waals surface area contributed by atoms with Crippen molar-refractivity contribution in [2.24, 2.45) is 0 Å². The van der Waals surface area contributed by atoms with Crippen LogP contribution in [0.2, 0.25) is 0 Å². The molecule has 6 heteroatoms. The lowest BCUT2D eigenvalue weighted by Gasteiger charge is -2.22. The second-order valence-corrected chi connectivity index (χ2v) is 7.43. The molecule has 2 heterocycles. The lowest BCUT2D eigenvalue weighted by Crippen LogP contribution is -2.24.